The van der Waals surface area contributed by atoms with E-state index in [1.807, 2.05) is 36.4 Å². The van der Waals surface area contributed by atoms with E-state index in [1.54, 1.807) is 0 Å². The van der Waals surface area contributed by atoms with Crippen molar-refractivity contribution in [3.05, 3.63) is 72.8 Å². The van der Waals surface area contributed by atoms with Gasteiger partial charge in [0, 0.05) is 0 Å². The lowest BCUT2D eigenvalue weighted by molar-refractivity contribution is -0.138. The molecule has 2 unspecified atom stereocenters. The highest BCUT2D eigenvalue weighted by atomic mass is 32.2. The first kappa shape index (κ1) is 23.8. The van der Waals surface area contributed by atoms with E-state index in [1.165, 1.54) is 12.2 Å². The lowest BCUT2D eigenvalue weighted by Gasteiger charge is -2.44. The van der Waals surface area contributed by atoms with E-state index in [2.05, 4.69) is 45.0 Å². The molecule has 0 aliphatic carbocycles. The summed E-state index contributed by atoms with van der Waals surface area (Å²) in [4.78, 5) is 0. The lowest BCUT2D eigenvalue weighted by Crippen LogP contribution is -2.67. The van der Waals surface area contributed by atoms with Crippen molar-refractivity contribution in [2.75, 3.05) is 12.9 Å². The maximum atomic E-state index is 11.5. The van der Waals surface area contributed by atoms with Crippen LogP contribution in [0.2, 0.25) is 5.04 Å². The van der Waals surface area contributed by atoms with Crippen LogP contribution in [0.25, 0.3) is 0 Å². The predicted octanol–water partition coefficient (Wildman–Crippen LogP) is 2.18. The first-order valence-electron chi connectivity index (χ1n) is 10.2. The van der Waals surface area contributed by atoms with Crippen molar-refractivity contribution < 1.29 is 26.9 Å². The summed E-state index contributed by atoms with van der Waals surface area (Å²) >= 11 is 0. The largest absolute Gasteiger partial charge is 0.405 e. The van der Waals surface area contributed by atoms with Crippen LogP contribution in [-0.4, -0.2) is 53.2 Å². The van der Waals surface area contributed by atoms with Crippen LogP contribution in [0.5, 0.6) is 0 Å². The molecule has 31 heavy (non-hydrogen) atoms. The molecule has 6 nitrogen and oxygen atoms in total. The summed E-state index contributed by atoms with van der Waals surface area (Å²) in [6.45, 7) is 6.56. The van der Waals surface area contributed by atoms with E-state index in [0.717, 1.165) is 16.6 Å². The van der Waals surface area contributed by atoms with Crippen molar-refractivity contribution in [3.8, 4) is 0 Å². The standard InChI is InChI=1S/C23H30O6SSi/c1-23(2,3)31(18-11-7-5-8-12-18,19-13-9-6-10-14-19)27-17-21-20(24)15-16-22(28-21)29-30(4,25)26/h5-16,20-22,24H,17H2,1-4H3/t20?,21-,22?/m0/s1. The molecule has 3 atom stereocenters. The summed E-state index contributed by atoms with van der Waals surface area (Å²) < 4.78 is 40.4. The lowest BCUT2D eigenvalue weighted by atomic mass is 10.1. The van der Waals surface area contributed by atoms with Crippen LogP contribution < -0.4 is 10.4 Å². The van der Waals surface area contributed by atoms with Gasteiger partial charge in [-0.25, -0.2) is 4.18 Å². The van der Waals surface area contributed by atoms with Crippen LogP contribution in [0, 0.1) is 0 Å². The molecule has 3 rings (SSSR count). The van der Waals surface area contributed by atoms with Gasteiger partial charge in [-0.1, -0.05) is 87.5 Å². The topological polar surface area (TPSA) is 82.1 Å². The van der Waals surface area contributed by atoms with E-state index in [4.69, 9.17) is 13.3 Å². The van der Waals surface area contributed by atoms with Crippen molar-refractivity contribution in [3.63, 3.8) is 0 Å². The number of ether oxygens (including phenoxy) is 1. The smallest absolute Gasteiger partial charge is 0.267 e. The molecule has 2 aromatic carbocycles. The molecule has 0 amide bonds. The van der Waals surface area contributed by atoms with Crippen LogP contribution in [-0.2, 0) is 23.5 Å². The molecule has 1 N–H and O–H groups in total. The zero-order valence-electron chi connectivity index (χ0n) is 18.3. The molecule has 1 aliphatic rings. The first-order valence-corrected chi connectivity index (χ1v) is 13.9. The van der Waals surface area contributed by atoms with Gasteiger partial charge in [-0.15, -0.1) is 0 Å². The Morgan fingerprint density at radius 2 is 1.48 bits per heavy atom. The van der Waals surface area contributed by atoms with Crippen molar-refractivity contribution in [1.82, 2.24) is 0 Å². The number of aliphatic hydroxyl groups is 1. The zero-order chi connectivity index (χ0) is 22.7. The number of benzene rings is 2. The maximum absolute atomic E-state index is 11.5. The molecule has 168 valence electrons. The quantitative estimate of drug-likeness (QED) is 0.386. The second-order valence-corrected chi connectivity index (χ2v) is 14.6. The average molecular weight is 463 g/mol. The van der Waals surface area contributed by atoms with Gasteiger partial charge < -0.3 is 14.3 Å². The zero-order valence-corrected chi connectivity index (χ0v) is 20.1. The second kappa shape index (κ2) is 9.36. The second-order valence-electron chi connectivity index (χ2n) is 8.69. The van der Waals surface area contributed by atoms with Crippen LogP contribution in [0.4, 0.5) is 0 Å². The minimum Gasteiger partial charge on any atom is -0.405 e. The predicted molar refractivity (Wildman–Crippen MR) is 123 cm³/mol. The van der Waals surface area contributed by atoms with E-state index in [0.29, 0.717) is 0 Å². The molecule has 0 aromatic heterocycles. The van der Waals surface area contributed by atoms with Gasteiger partial charge in [0.15, 0.2) is 6.29 Å². The van der Waals surface area contributed by atoms with Crippen LogP contribution >= 0.6 is 0 Å². The van der Waals surface area contributed by atoms with Gasteiger partial charge in [0.1, 0.15) is 12.2 Å². The Kier molecular flexibility index (Phi) is 7.20. The van der Waals surface area contributed by atoms with Gasteiger partial charge in [0.2, 0.25) is 0 Å². The SMILES string of the molecule is CC(C)(C)[Si](OC[C@@H]1OC(OS(C)(=O)=O)C=CC1O)(c1ccccc1)c1ccccc1. The first-order chi connectivity index (χ1) is 14.5. The number of rotatable bonds is 7. The van der Waals surface area contributed by atoms with E-state index in [-0.39, 0.29) is 11.6 Å². The Balaban J connectivity index is 1.96. The third-order valence-corrected chi connectivity index (χ3v) is 10.8. The van der Waals surface area contributed by atoms with Gasteiger partial charge >= 0.3 is 0 Å². The summed E-state index contributed by atoms with van der Waals surface area (Å²) in [6, 6.07) is 20.3. The van der Waals surface area contributed by atoms with Gasteiger partial charge in [0.25, 0.3) is 18.4 Å². The Morgan fingerprint density at radius 3 is 1.94 bits per heavy atom. The summed E-state index contributed by atoms with van der Waals surface area (Å²) in [5.41, 5.74) is 0. The molecule has 0 spiro atoms. The molecular weight excluding hydrogens is 432 g/mol. The Hall–Kier alpha value is -1.81. The van der Waals surface area contributed by atoms with Gasteiger partial charge in [-0.2, -0.15) is 8.42 Å². The summed E-state index contributed by atoms with van der Waals surface area (Å²) in [6.07, 6.45) is 1.05. The monoisotopic (exact) mass is 462 g/mol. The molecule has 8 heteroatoms. The minimum atomic E-state index is -3.71. The van der Waals surface area contributed by atoms with Crippen LogP contribution in [0.1, 0.15) is 20.8 Å². The molecule has 2 aromatic rings. The normalized spacial score (nSPS) is 22.4. The Morgan fingerprint density at radius 1 is 0.968 bits per heavy atom. The number of hydrogen-bond acceptors (Lipinski definition) is 6. The number of hydrogen-bond donors (Lipinski definition) is 1. The highest BCUT2D eigenvalue weighted by Gasteiger charge is 2.50. The molecule has 0 saturated heterocycles. The fourth-order valence-corrected chi connectivity index (χ4v) is 8.98. The van der Waals surface area contributed by atoms with Gasteiger partial charge in [-0.05, 0) is 21.5 Å². The fraction of sp³-hybridized carbons (Fsp3) is 0.391. The molecule has 1 aliphatic heterocycles. The highest BCUT2D eigenvalue weighted by Crippen LogP contribution is 2.37. The molecular formula is C23H30O6SSi. The third kappa shape index (κ3) is 5.52. The van der Waals surface area contributed by atoms with Crippen molar-refractivity contribution in [1.29, 1.82) is 0 Å². The van der Waals surface area contributed by atoms with E-state index >= 15 is 0 Å². The van der Waals surface area contributed by atoms with Crippen molar-refractivity contribution in [2.45, 2.75) is 44.3 Å². The molecule has 0 radical (unpaired) electrons. The Bertz CT molecular complexity index is 946. The molecule has 0 fully saturated rings. The fourth-order valence-electron chi connectivity index (χ4n) is 3.96. The molecule has 1 heterocycles. The maximum Gasteiger partial charge on any atom is 0.267 e. The van der Waals surface area contributed by atoms with Gasteiger partial charge in [0.05, 0.1) is 12.9 Å². The van der Waals surface area contributed by atoms with Crippen LogP contribution in [0.3, 0.4) is 0 Å². The minimum absolute atomic E-state index is 0.0857. The summed E-state index contributed by atoms with van der Waals surface area (Å²) in [5, 5.41) is 12.4. The highest BCUT2D eigenvalue weighted by molar-refractivity contribution is 7.86. The van der Waals surface area contributed by atoms with Gasteiger partial charge in [-0.3, -0.25) is 0 Å². The summed E-state index contributed by atoms with van der Waals surface area (Å²) in [7, 11) is -6.51. The van der Waals surface area contributed by atoms with Crippen molar-refractivity contribution >= 4 is 28.8 Å². The average Bonchev–Trinajstić information content (AvgIpc) is 2.70. The van der Waals surface area contributed by atoms with E-state index < -0.39 is 36.9 Å². The molecule has 0 saturated carbocycles. The van der Waals surface area contributed by atoms with Crippen molar-refractivity contribution in [2.24, 2.45) is 0 Å². The Labute approximate surface area is 185 Å². The van der Waals surface area contributed by atoms with E-state index in [9.17, 15) is 13.5 Å². The third-order valence-electron chi connectivity index (χ3n) is 5.31. The molecule has 0 bridgehead atoms. The van der Waals surface area contributed by atoms with Crippen LogP contribution in [0.15, 0.2) is 72.8 Å². The summed E-state index contributed by atoms with van der Waals surface area (Å²) in [5.74, 6) is 0. The number of aliphatic hydroxyl groups excluding tert-OH is 1.